The summed E-state index contributed by atoms with van der Waals surface area (Å²) >= 11 is 0. The number of nitrogens with one attached hydrogen (secondary N) is 1. The molecule has 4 heteroatoms. The standard InChI is InChI=1S/C15H22N2O2/c1-3-19-14(18)12-9-11(5-6-13(12)16)17-10-15(2)7-4-8-15/h5-6,9,17H,3-4,7-8,10,16H2,1-2H3. The third kappa shape index (κ3) is 3.19. The van der Waals surface area contributed by atoms with Crippen molar-refractivity contribution in [3.63, 3.8) is 0 Å². The summed E-state index contributed by atoms with van der Waals surface area (Å²) < 4.78 is 4.99. The summed E-state index contributed by atoms with van der Waals surface area (Å²) in [5.74, 6) is -0.362. The lowest BCUT2D eigenvalue weighted by Crippen LogP contribution is -2.33. The number of esters is 1. The van der Waals surface area contributed by atoms with Gasteiger partial charge < -0.3 is 15.8 Å². The topological polar surface area (TPSA) is 64.3 Å². The van der Waals surface area contributed by atoms with Crippen molar-refractivity contribution in [1.82, 2.24) is 0 Å². The average Bonchev–Trinajstić information content (AvgIpc) is 2.35. The SMILES string of the molecule is CCOC(=O)c1cc(NCC2(C)CCC2)ccc1N. The Morgan fingerprint density at radius 3 is 2.79 bits per heavy atom. The van der Waals surface area contributed by atoms with E-state index in [0.717, 1.165) is 12.2 Å². The summed E-state index contributed by atoms with van der Waals surface area (Å²) in [4.78, 5) is 11.8. The minimum absolute atomic E-state index is 0.355. The summed E-state index contributed by atoms with van der Waals surface area (Å²) in [7, 11) is 0. The van der Waals surface area contributed by atoms with E-state index >= 15 is 0 Å². The zero-order valence-corrected chi connectivity index (χ0v) is 11.7. The Bertz CT molecular complexity index is 467. The first-order chi connectivity index (χ1) is 9.04. The fraction of sp³-hybridized carbons (Fsp3) is 0.533. The number of nitrogen functional groups attached to an aromatic ring is 1. The fourth-order valence-electron chi connectivity index (χ4n) is 2.32. The highest BCUT2D eigenvalue weighted by molar-refractivity contribution is 5.96. The van der Waals surface area contributed by atoms with Crippen LogP contribution in [0.2, 0.25) is 0 Å². The Balaban J connectivity index is 2.05. The van der Waals surface area contributed by atoms with Crippen LogP contribution in [-0.2, 0) is 4.74 Å². The molecular formula is C15H22N2O2. The summed E-state index contributed by atoms with van der Waals surface area (Å²) in [5.41, 5.74) is 8.02. The lowest BCUT2D eigenvalue weighted by Gasteiger charge is -2.38. The van der Waals surface area contributed by atoms with Crippen LogP contribution in [0.25, 0.3) is 0 Å². The third-order valence-corrected chi connectivity index (χ3v) is 3.83. The molecule has 0 amide bonds. The molecule has 0 bridgehead atoms. The van der Waals surface area contributed by atoms with Gasteiger partial charge in [-0.3, -0.25) is 0 Å². The molecule has 0 radical (unpaired) electrons. The molecule has 19 heavy (non-hydrogen) atoms. The zero-order chi connectivity index (χ0) is 13.9. The molecule has 1 aromatic rings. The predicted molar refractivity (Wildman–Crippen MR) is 77.3 cm³/mol. The monoisotopic (exact) mass is 262 g/mol. The van der Waals surface area contributed by atoms with Crippen LogP contribution in [0, 0.1) is 5.41 Å². The van der Waals surface area contributed by atoms with E-state index in [1.165, 1.54) is 19.3 Å². The molecule has 1 saturated carbocycles. The van der Waals surface area contributed by atoms with Crippen molar-refractivity contribution < 1.29 is 9.53 Å². The number of carbonyl (C=O) groups excluding carboxylic acids is 1. The van der Waals surface area contributed by atoms with E-state index in [0.29, 0.717) is 23.3 Å². The second-order valence-corrected chi connectivity index (χ2v) is 5.54. The van der Waals surface area contributed by atoms with Crippen LogP contribution in [0.15, 0.2) is 18.2 Å². The number of rotatable bonds is 5. The molecule has 4 nitrogen and oxygen atoms in total. The summed E-state index contributed by atoms with van der Waals surface area (Å²) in [6.07, 6.45) is 3.84. The van der Waals surface area contributed by atoms with E-state index in [1.54, 1.807) is 19.1 Å². The van der Waals surface area contributed by atoms with E-state index in [9.17, 15) is 4.79 Å². The number of carbonyl (C=O) groups is 1. The molecule has 3 N–H and O–H groups in total. The highest BCUT2D eigenvalue weighted by Gasteiger charge is 2.31. The molecule has 2 rings (SSSR count). The molecule has 0 atom stereocenters. The molecule has 1 fully saturated rings. The zero-order valence-electron chi connectivity index (χ0n) is 11.7. The Morgan fingerprint density at radius 2 is 2.21 bits per heavy atom. The number of ether oxygens (including phenoxy) is 1. The largest absolute Gasteiger partial charge is 0.462 e. The van der Waals surface area contributed by atoms with Gasteiger partial charge >= 0.3 is 5.97 Å². The lowest BCUT2D eigenvalue weighted by atomic mass is 9.70. The van der Waals surface area contributed by atoms with E-state index in [2.05, 4.69) is 12.2 Å². The lowest BCUT2D eigenvalue weighted by molar-refractivity contribution is 0.0527. The van der Waals surface area contributed by atoms with Crippen LogP contribution < -0.4 is 11.1 Å². The van der Waals surface area contributed by atoms with Crippen molar-refractivity contribution in [3.05, 3.63) is 23.8 Å². The number of hydrogen-bond acceptors (Lipinski definition) is 4. The molecule has 0 unspecified atom stereocenters. The maximum absolute atomic E-state index is 11.8. The van der Waals surface area contributed by atoms with Crippen LogP contribution in [0.5, 0.6) is 0 Å². The molecule has 1 aliphatic rings. The van der Waals surface area contributed by atoms with Crippen molar-refractivity contribution >= 4 is 17.3 Å². The van der Waals surface area contributed by atoms with E-state index in [4.69, 9.17) is 10.5 Å². The summed E-state index contributed by atoms with van der Waals surface area (Å²) in [6.45, 7) is 5.36. The van der Waals surface area contributed by atoms with E-state index in [1.807, 2.05) is 6.07 Å². The van der Waals surface area contributed by atoms with Crippen molar-refractivity contribution in [2.24, 2.45) is 5.41 Å². The first-order valence-electron chi connectivity index (χ1n) is 6.84. The quantitative estimate of drug-likeness (QED) is 0.632. The Hall–Kier alpha value is -1.71. The molecular weight excluding hydrogens is 240 g/mol. The Morgan fingerprint density at radius 1 is 1.47 bits per heavy atom. The van der Waals surface area contributed by atoms with Gasteiger partial charge in [-0.2, -0.15) is 0 Å². The minimum atomic E-state index is -0.362. The second-order valence-electron chi connectivity index (χ2n) is 5.54. The van der Waals surface area contributed by atoms with Gasteiger partial charge in [0.1, 0.15) is 0 Å². The molecule has 0 aromatic heterocycles. The molecule has 0 saturated heterocycles. The molecule has 104 valence electrons. The number of benzene rings is 1. The number of anilines is 2. The molecule has 0 aliphatic heterocycles. The van der Waals surface area contributed by atoms with Crippen molar-refractivity contribution in [2.45, 2.75) is 33.1 Å². The van der Waals surface area contributed by atoms with E-state index in [-0.39, 0.29) is 5.97 Å². The van der Waals surface area contributed by atoms with Crippen molar-refractivity contribution in [3.8, 4) is 0 Å². The van der Waals surface area contributed by atoms with Crippen LogP contribution in [0.3, 0.4) is 0 Å². The summed E-state index contributed by atoms with van der Waals surface area (Å²) in [5, 5.41) is 3.39. The minimum Gasteiger partial charge on any atom is -0.462 e. The molecule has 1 aromatic carbocycles. The first kappa shape index (κ1) is 13.7. The van der Waals surface area contributed by atoms with Crippen LogP contribution in [-0.4, -0.2) is 19.1 Å². The predicted octanol–water partition coefficient (Wildman–Crippen LogP) is 3.05. The molecule has 1 aliphatic carbocycles. The first-order valence-corrected chi connectivity index (χ1v) is 6.84. The van der Waals surface area contributed by atoms with Gasteiger partial charge in [0.25, 0.3) is 0 Å². The Labute approximate surface area is 114 Å². The highest BCUT2D eigenvalue weighted by atomic mass is 16.5. The van der Waals surface area contributed by atoms with Crippen molar-refractivity contribution in [1.29, 1.82) is 0 Å². The van der Waals surface area contributed by atoms with Crippen LogP contribution >= 0.6 is 0 Å². The molecule has 0 spiro atoms. The summed E-state index contributed by atoms with van der Waals surface area (Å²) in [6, 6.07) is 5.42. The molecule has 0 heterocycles. The number of nitrogens with two attached hydrogens (primary N) is 1. The van der Waals surface area contributed by atoms with Gasteiger partial charge in [-0.15, -0.1) is 0 Å². The maximum atomic E-state index is 11.8. The van der Waals surface area contributed by atoms with Gasteiger partial charge in [-0.1, -0.05) is 13.3 Å². The maximum Gasteiger partial charge on any atom is 0.340 e. The Kier molecular flexibility index (Phi) is 3.98. The van der Waals surface area contributed by atoms with Gasteiger partial charge in [0.15, 0.2) is 0 Å². The normalized spacial score (nSPS) is 16.5. The number of hydrogen-bond donors (Lipinski definition) is 2. The average molecular weight is 262 g/mol. The van der Waals surface area contributed by atoms with Crippen LogP contribution in [0.4, 0.5) is 11.4 Å². The van der Waals surface area contributed by atoms with Crippen molar-refractivity contribution in [2.75, 3.05) is 24.2 Å². The van der Waals surface area contributed by atoms with E-state index < -0.39 is 0 Å². The van der Waals surface area contributed by atoms with Gasteiger partial charge in [-0.25, -0.2) is 4.79 Å². The smallest absolute Gasteiger partial charge is 0.340 e. The van der Waals surface area contributed by atoms with Gasteiger partial charge in [0, 0.05) is 17.9 Å². The van der Waals surface area contributed by atoms with Gasteiger partial charge in [0.05, 0.1) is 12.2 Å². The van der Waals surface area contributed by atoms with Gasteiger partial charge in [-0.05, 0) is 43.4 Å². The van der Waals surface area contributed by atoms with Crippen LogP contribution in [0.1, 0.15) is 43.5 Å². The second kappa shape index (κ2) is 5.51. The van der Waals surface area contributed by atoms with Gasteiger partial charge in [0.2, 0.25) is 0 Å². The highest BCUT2D eigenvalue weighted by Crippen LogP contribution is 2.40. The fourth-order valence-corrected chi connectivity index (χ4v) is 2.32. The third-order valence-electron chi connectivity index (χ3n) is 3.83.